The molecule has 0 saturated heterocycles. The van der Waals surface area contributed by atoms with Crippen LogP contribution in [0.15, 0.2) is 35.1 Å². The highest BCUT2D eigenvalue weighted by atomic mass is 16.3. The van der Waals surface area contributed by atoms with Gasteiger partial charge in [0.15, 0.2) is 12.0 Å². The third kappa shape index (κ3) is 2.48. The van der Waals surface area contributed by atoms with Crippen molar-refractivity contribution in [1.29, 1.82) is 0 Å². The van der Waals surface area contributed by atoms with Crippen LogP contribution >= 0.6 is 0 Å². The van der Waals surface area contributed by atoms with Gasteiger partial charge in [0.05, 0.1) is 0 Å². The molecule has 0 radical (unpaired) electrons. The normalized spacial score (nSPS) is 11.1. The lowest BCUT2D eigenvalue weighted by molar-refractivity contribution is -0.118. The van der Waals surface area contributed by atoms with Crippen LogP contribution in [0.2, 0.25) is 0 Å². The van der Waals surface area contributed by atoms with Crippen molar-refractivity contribution < 1.29 is 9.21 Å². The maximum atomic E-state index is 10.6. The van der Waals surface area contributed by atoms with E-state index in [0.717, 1.165) is 16.7 Å². The Kier molecular flexibility index (Phi) is 3.00. The summed E-state index contributed by atoms with van der Waals surface area (Å²) in [6, 6.07) is 5.75. The van der Waals surface area contributed by atoms with Gasteiger partial charge in [0, 0.05) is 13.5 Å². The Morgan fingerprint density at radius 2 is 2.44 bits per heavy atom. The largest absolute Gasteiger partial charge is 0.443 e. The lowest BCUT2D eigenvalue weighted by Gasteiger charge is -1.95. The summed E-state index contributed by atoms with van der Waals surface area (Å²) in [5, 5.41) is 2.69. The Morgan fingerprint density at radius 3 is 3.25 bits per heavy atom. The molecule has 2 rings (SSSR count). The van der Waals surface area contributed by atoms with Crippen LogP contribution in [-0.2, 0) is 4.79 Å². The molecule has 82 valence electrons. The van der Waals surface area contributed by atoms with E-state index in [2.05, 4.69) is 10.3 Å². The summed E-state index contributed by atoms with van der Waals surface area (Å²) < 4.78 is 5.14. The van der Waals surface area contributed by atoms with E-state index in [4.69, 9.17) is 4.42 Å². The first-order valence-corrected chi connectivity index (χ1v) is 5.00. The average Bonchev–Trinajstić information content (AvgIpc) is 2.71. The van der Waals surface area contributed by atoms with Gasteiger partial charge in [0.25, 0.3) is 0 Å². The highest BCUT2D eigenvalue weighted by Gasteiger charge is 1.97. The van der Waals surface area contributed by atoms with Crippen LogP contribution in [0.5, 0.6) is 0 Å². The number of carbonyl (C=O) groups excluding carboxylic acids is 1. The molecule has 1 aromatic carbocycles. The number of benzene rings is 1. The minimum absolute atomic E-state index is 0.0309. The second kappa shape index (κ2) is 4.61. The number of oxazole rings is 1. The molecule has 1 heterocycles. The molecule has 0 aliphatic heterocycles. The minimum atomic E-state index is -0.0309. The SMILES string of the molecule is CC(=O)NCC=Cc1ccc2ocnc2c1. The fourth-order valence-electron chi connectivity index (χ4n) is 1.38. The minimum Gasteiger partial charge on any atom is -0.443 e. The van der Waals surface area contributed by atoms with E-state index in [1.54, 1.807) is 0 Å². The van der Waals surface area contributed by atoms with E-state index in [9.17, 15) is 4.79 Å². The van der Waals surface area contributed by atoms with Crippen LogP contribution in [0, 0.1) is 0 Å². The second-order valence-corrected chi connectivity index (χ2v) is 3.42. The van der Waals surface area contributed by atoms with Gasteiger partial charge in [-0.15, -0.1) is 0 Å². The van der Waals surface area contributed by atoms with Gasteiger partial charge in [-0.25, -0.2) is 4.98 Å². The topological polar surface area (TPSA) is 55.1 Å². The van der Waals surface area contributed by atoms with Gasteiger partial charge in [0.1, 0.15) is 5.52 Å². The fraction of sp³-hybridized carbons (Fsp3) is 0.167. The molecular formula is C12H12N2O2. The zero-order valence-corrected chi connectivity index (χ0v) is 8.93. The van der Waals surface area contributed by atoms with Gasteiger partial charge in [0.2, 0.25) is 5.91 Å². The number of nitrogens with one attached hydrogen (secondary N) is 1. The molecule has 0 bridgehead atoms. The quantitative estimate of drug-likeness (QED) is 0.853. The summed E-state index contributed by atoms with van der Waals surface area (Å²) in [4.78, 5) is 14.7. The summed E-state index contributed by atoms with van der Waals surface area (Å²) in [7, 11) is 0. The number of hydrogen-bond donors (Lipinski definition) is 1. The predicted octanol–water partition coefficient (Wildman–Crippen LogP) is 1.98. The van der Waals surface area contributed by atoms with Crippen LogP contribution in [0.25, 0.3) is 17.2 Å². The van der Waals surface area contributed by atoms with Crippen LogP contribution in [0.3, 0.4) is 0 Å². The van der Waals surface area contributed by atoms with Crippen molar-refractivity contribution in [3.05, 3.63) is 36.2 Å². The van der Waals surface area contributed by atoms with Crippen molar-refractivity contribution in [3.8, 4) is 0 Å². The zero-order valence-electron chi connectivity index (χ0n) is 8.93. The lowest BCUT2D eigenvalue weighted by Crippen LogP contribution is -2.19. The first-order valence-electron chi connectivity index (χ1n) is 5.00. The molecule has 1 amide bonds. The number of nitrogens with zero attached hydrogens (tertiary/aromatic N) is 1. The second-order valence-electron chi connectivity index (χ2n) is 3.42. The monoisotopic (exact) mass is 216 g/mol. The summed E-state index contributed by atoms with van der Waals surface area (Å²) in [6.45, 7) is 2.03. The molecule has 0 fully saturated rings. The molecule has 0 spiro atoms. The third-order valence-corrected chi connectivity index (χ3v) is 2.13. The van der Waals surface area contributed by atoms with E-state index >= 15 is 0 Å². The molecule has 1 aromatic heterocycles. The molecular weight excluding hydrogens is 204 g/mol. The number of fused-ring (bicyclic) bond motifs is 1. The first kappa shape index (κ1) is 10.4. The van der Waals surface area contributed by atoms with Crippen LogP contribution in [0.1, 0.15) is 12.5 Å². The van der Waals surface area contributed by atoms with Gasteiger partial charge < -0.3 is 9.73 Å². The van der Waals surface area contributed by atoms with Crippen molar-refractivity contribution in [2.75, 3.05) is 6.54 Å². The summed E-state index contributed by atoms with van der Waals surface area (Å²) in [5.74, 6) is -0.0309. The number of rotatable bonds is 3. The average molecular weight is 216 g/mol. The number of amides is 1. The lowest BCUT2D eigenvalue weighted by atomic mass is 10.2. The van der Waals surface area contributed by atoms with E-state index in [1.165, 1.54) is 13.3 Å². The summed E-state index contributed by atoms with van der Waals surface area (Å²) in [6.07, 6.45) is 5.25. The Balaban J connectivity index is 2.06. The summed E-state index contributed by atoms with van der Waals surface area (Å²) in [5.41, 5.74) is 2.65. The van der Waals surface area contributed by atoms with Crippen molar-refractivity contribution >= 4 is 23.1 Å². The van der Waals surface area contributed by atoms with Crippen LogP contribution in [0.4, 0.5) is 0 Å². The molecule has 4 nitrogen and oxygen atoms in total. The third-order valence-electron chi connectivity index (χ3n) is 2.13. The maximum Gasteiger partial charge on any atom is 0.217 e. The smallest absolute Gasteiger partial charge is 0.217 e. The van der Waals surface area contributed by atoms with E-state index in [1.807, 2.05) is 30.4 Å². The first-order chi connectivity index (χ1) is 7.75. The molecule has 2 aromatic rings. The zero-order chi connectivity index (χ0) is 11.4. The van der Waals surface area contributed by atoms with Gasteiger partial charge in [-0.1, -0.05) is 18.2 Å². The van der Waals surface area contributed by atoms with Gasteiger partial charge in [-0.05, 0) is 17.7 Å². The number of carbonyl (C=O) groups is 1. The van der Waals surface area contributed by atoms with E-state index in [-0.39, 0.29) is 5.91 Å². The predicted molar refractivity (Wildman–Crippen MR) is 61.7 cm³/mol. The molecule has 0 aliphatic rings. The highest BCUT2D eigenvalue weighted by Crippen LogP contribution is 2.14. The molecule has 16 heavy (non-hydrogen) atoms. The molecule has 4 heteroatoms. The molecule has 0 unspecified atom stereocenters. The maximum absolute atomic E-state index is 10.6. The van der Waals surface area contributed by atoms with Gasteiger partial charge in [-0.2, -0.15) is 0 Å². The highest BCUT2D eigenvalue weighted by molar-refractivity contribution is 5.76. The van der Waals surface area contributed by atoms with Crippen molar-refractivity contribution in [1.82, 2.24) is 10.3 Å². The fourth-order valence-corrected chi connectivity index (χ4v) is 1.38. The Labute approximate surface area is 93.0 Å². The van der Waals surface area contributed by atoms with Crippen molar-refractivity contribution in [3.63, 3.8) is 0 Å². The van der Waals surface area contributed by atoms with E-state index in [0.29, 0.717) is 6.54 Å². The van der Waals surface area contributed by atoms with Crippen LogP contribution < -0.4 is 5.32 Å². The molecule has 1 N–H and O–H groups in total. The van der Waals surface area contributed by atoms with E-state index < -0.39 is 0 Å². The molecule has 0 atom stereocenters. The number of aromatic nitrogens is 1. The Bertz CT molecular complexity index is 529. The van der Waals surface area contributed by atoms with Crippen LogP contribution in [-0.4, -0.2) is 17.4 Å². The van der Waals surface area contributed by atoms with Gasteiger partial charge in [-0.3, -0.25) is 4.79 Å². The Hall–Kier alpha value is -2.10. The standard InChI is InChI=1S/C12H12N2O2/c1-9(15)13-6-2-3-10-4-5-12-11(7-10)14-8-16-12/h2-5,7-8H,6H2,1H3,(H,13,15). The molecule has 0 aliphatic carbocycles. The van der Waals surface area contributed by atoms with Crippen molar-refractivity contribution in [2.45, 2.75) is 6.92 Å². The van der Waals surface area contributed by atoms with Crippen molar-refractivity contribution in [2.24, 2.45) is 0 Å². The molecule has 0 saturated carbocycles. The summed E-state index contributed by atoms with van der Waals surface area (Å²) >= 11 is 0. The Morgan fingerprint density at radius 1 is 1.56 bits per heavy atom. The number of hydrogen-bond acceptors (Lipinski definition) is 3. The van der Waals surface area contributed by atoms with Gasteiger partial charge >= 0.3 is 0 Å².